The molecule has 3 aromatic rings. The van der Waals surface area contributed by atoms with Gasteiger partial charge >= 0.3 is 0 Å². The fourth-order valence-corrected chi connectivity index (χ4v) is 4.58. The highest BCUT2D eigenvalue weighted by molar-refractivity contribution is 8.03. The molecule has 0 spiro atoms. The number of nitrogens with one attached hydrogen (secondary N) is 1. The molecule has 0 amide bonds. The third-order valence-electron chi connectivity index (χ3n) is 4.75. The monoisotopic (exact) mass is 387 g/mol. The molecule has 1 atom stereocenters. The van der Waals surface area contributed by atoms with E-state index in [0.29, 0.717) is 12.0 Å². The first-order chi connectivity index (χ1) is 13.7. The molecule has 4 heteroatoms. The molecule has 0 saturated carbocycles. The third kappa shape index (κ3) is 3.97. The number of hydrogen-bond donors (Lipinski definition) is 1. The maximum atomic E-state index is 13.3. The van der Waals surface area contributed by atoms with E-state index in [1.807, 2.05) is 72.8 Å². The van der Waals surface area contributed by atoms with Crippen LogP contribution in [0.1, 0.15) is 27.6 Å². The molecule has 1 aliphatic rings. The SMILES string of the molecule is COc1ccc(C(=O)C2=C(Nc3ccccc3)SC(c3ccccc3)C2)cc1. The Balaban J connectivity index is 1.65. The van der Waals surface area contributed by atoms with E-state index in [9.17, 15) is 4.79 Å². The number of hydrogen-bond acceptors (Lipinski definition) is 4. The van der Waals surface area contributed by atoms with Crippen LogP contribution in [-0.2, 0) is 0 Å². The van der Waals surface area contributed by atoms with Gasteiger partial charge in [-0.1, -0.05) is 60.3 Å². The average Bonchev–Trinajstić information content (AvgIpc) is 3.18. The second-order valence-electron chi connectivity index (χ2n) is 6.58. The predicted octanol–water partition coefficient (Wildman–Crippen LogP) is 6.08. The summed E-state index contributed by atoms with van der Waals surface area (Å²) in [5.74, 6) is 0.808. The average molecular weight is 388 g/mol. The van der Waals surface area contributed by atoms with Crippen molar-refractivity contribution in [1.82, 2.24) is 0 Å². The van der Waals surface area contributed by atoms with Gasteiger partial charge in [-0.05, 0) is 48.4 Å². The quantitative estimate of drug-likeness (QED) is 0.520. The summed E-state index contributed by atoms with van der Waals surface area (Å²) in [4.78, 5) is 13.3. The summed E-state index contributed by atoms with van der Waals surface area (Å²) in [5.41, 5.74) is 3.72. The van der Waals surface area contributed by atoms with Crippen LogP contribution >= 0.6 is 11.8 Å². The van der Waals surface area contributed by atoms with Gasteiger partial charge in [0.25, 0.3) is 0 Å². The Hall–Kier alpha value is -2.98. The zero-order valence-electron chi connectivity index (χ0n) is 15.6. The van der Waals surface area contributed by atoms with Crippen LogP contribution in [-0.4, -0.2) is 12.9 Å². The van der Waals surface area contributed by atoms with Crippen LogP contribution in [0.3, 0.4) is 0 Å². The normalized spacial score (nSPS) is 16.1. The molecule has 1 unspecified atom stereocenters. The van der Waals surface area contributed by atoms with Gasteiger partial charge in [-0.3, -0.25) is 4.79 Å². The van der Waals surface area contributed by atoms with E-state index in [2.05, 4.69) is 17.4 Å². The first-order valence-corrected chi connectivity index (χ1v) is 10.1. The van der Waals surface area contributed by atoms with Crippen molar-refractivity contribution >= 4 is 23.2 Å². The molecule has 140 valence electrons. The number of ketones is 1. The number of Topliss-reactive ketones (excluding diaryl/α,β-unsaturated/α-hetero) is 1. The lowest BCUT2D eigenvalue weighted by Crippen LogP contribution is -2.07. The van der Waals surface area contributed by atoms with Gasteiger partial charge in [0.2, 0.25) is 0 Å². The number of methoxy groups -OCH3 is 1. The number of anilines is 1. The van der Waals surface area contributed by atoms with Gasteiger partial charge in [0.1, 0.15) is 5.75 Å². The largest absolute Gasteiger partial charge is 0.497 e. The minimum Gasteiger partial charge on any atom is -0.497 e. The third-order valence-corrected chi connectivity index (χ3v) is 6.06. The summed E-state index contributed by atoms with van der Waals surface area (Å²) < 4.78 is 5.21. The van der Waals surface area contributed by atoms with Crippen LogP contribution in [0.4, 0.5) is 5.69 Å². The molecule has 3 aromatic carbocycles. The molecule has 1 N–H and O–H groups in total. The summed E-state index contributed by atoms with van der Waals surface area (Å²) >= 11 is 1.72. The lowest BCUT2D eigenvalue weighted by molar-refractivity contribution is 0.103. The predicted molar refractivity (Wildman–Crippen MR) is 116 cm³/mol. The Morgan fingerprint density at radius 3 is 2.21 bits per heavy atom. The van der Waals surface area contributed by atoms with E-state index in [1.54, 1.807) is 18.9 Å². The van der Waals surface area contributed by atoms with Crippen LogP contribution in [0.2, 0.25) is 0 Å². The number of rotatable bonds is 6. The Kier molecular flexibility index (Phi) is 5.49. The molecular weight excluding hydrogens is 366 g/mol. The number of carbonyl (C=O) groups is 1. The number of para-hydroxylation sites is 1. The molecule has 0 fully saturated rings. The summed E-state index contributed by atoms with van der Waals surface area (Å²) in [5, 5.41) is 4.62. The van der Waals surface area contributed by atoms with Crippen LogP contribution in [0.5, 0.6) is 5.75 Å². The van der Waals surface area contributed by atoms with Gasteiger partial charge in [-0.15, -0.1) is 0 Å². The van der Waals surface area contributed by atoms with Gasteiger partial charge in [0.05, 0.1) is 12.1 Å². The van der Waals surface area contributed by atoms with Crippen molar-refractivity contribution in [2.45, 2.75) is 11.7 Å². The van der Waals surface area contributed by atoms with Crippen molar-refractivity contribution < 1.29 is 9.53 Å². The molecular formula is C24H21NO2S. The van der Waals surface area contributed by atoms with Crippen molar-refractivity contribution in [3.8, 4) is 5.75 Å². The first kappa shape index (κ1) is 18.4. The zero-order chi connectivity index (χ0) is 19.3. The molecule has 0 saturated heterocycles. The van der Waals surface area contributed by atoms with E-state index < -0.39 is 0 Å². The van der Waals surface area contributed by atoms with Crippen LogP contribution in [0, 0.1) is 0 Å². The minimum absolute atomic E-state index is 0.0621. The van der Waals surface area contributed by atoms with Crippen molar-refractivity contribution in [2.24, 2.45) is 0 Å². The van der Waals surface area contributed by atoms with Crippen molar-refractivity contribution in [2.75, 3.05) is 12.4 Å². The molecule has 1 heterocycles. The van der Waals surface area contributed by atoms with Gasteiger partial charge in [0, 0.05) is 22.1 Å². The number of allylic oxidation sites excluding steroid dienone is 1. The van der Waals surface area contributed by atoms with Crippen molar-refractivity contribution in [3.05, 3.63) is 107 Å². The number of benzene rings is 3. The first-order valence-electron chi connectivity index (χ1n) is 9.20. The topological polar surface area (TPSA) is 38.3 Å². The highest BCUT2D eigenvalue weighted by Crippen LogP contribution is 2.48. The maximum absolute atomic E-state index is 13.3. The van der Waals surface area contributed by atoms with Crippen molar-refractivity contribution in [3.63, 3.8) is 0 Å². The Labute approximate surface area is 169 Å². The Bertz CT molecular complexity index is 982. The van der Waals surface area contributed by atoms with E-state index in [0.717, 1.165) is 22.0 Å². The van der Waals surface area contributed by atoms with Crippen LogP contribution < -0.4 is 10.1 Å². The number of carbonyl (C=O) groups excluding carboxylic acids is 1. The maximum Gasteiger partial charge on any atom is 0.191 e. The molecule has 3 nitrogen and oxygen atoms in total. The highest BCUT2D eigenvalue weighted by atomic mass is 32.2. The van der Waals surface area contributed by atoms with Gasteiger partial charge in [0.15, 0.2) is 5.78 Å². The molecule has 4 rings (SSSR count). The van der Waals surface area contributed by atoms with E-state index in [4.69, 9.17) is 4.74 Å². The van der Waals surface area contributed by atoms with E-state index in [1.165, 1.54) is 5.56 Å². The van der Waals surface area contributed by atoms with Gasteiger partial charge < -0.3 is 10.1 Å². The summed E-state index contributed by atoms with van der Waals surface area (Å²) in [7, 11) is 1.62. The summed E-state index contributed by atoms with van der Waals surface area (Å²) in [6.45, 7) is 0. The van der Waals surface area contributed by atoms with Crippen LogP contribution in [0.15, 0.2) is 95.5 Å². The zero-order valence-corrected chi connectivity index (χ0v) is 16.4. The second-order valence-corrected chi connectivity index (χ2v) is 7.79. The number of thioether (sulfide) groups is 1. The molecule has 0 aliphatic carbocycles. The smallest absolute Gasteiger partial charge is 0.191 e. The second kappa shape index (κ2) is 8.36. The Morgan fingerprint density at radius 2 is 1.57 bits per heavy atom. The lowest BCUT2D eigenvalue weighted by Gasteiger charge is -2.11. The molecule has 0 aromatic heterocycles. The van der Waals surface area contributed by atoms with E-state index in [-0.39, 0.29) is 11.0 Å². The van der Waals surface area contributed by atoms with Crippen molar-refractivity contribution in [1.29, 1.82) is 0 Å². The number of ether oxygens (including phenoxy) is 1. The lowest BCUT2D eigenvalue weighted by atomic mass is 9.97. The van der Waals surface area contributed by atoms with Gasteiger partial charge in [-0.25, -0.2) is 0 Å². The van der Waals surface area contributed by atoms with E-state index >= 15 is 0 Å². The van der Waals surface area contributed by atoms with Crippen LogP contribution in [0.25, 0.3) is 0 Å². The fourth-order valence-electron chi connectivity index (χ4n) is 3.26. The summed E-state index contributed by atoms with van der Waals surface area (Å²) in [6, 6.07) is 27.7. The highest BCUT2D eigenvalue weighted by Gasteiger charge is 2.31. The standard InChI is InChI=1S/C24H21NO2S/c1-27-20-14-12-18(13-15-20)23(26)21-16-22(17-8-4-2-5-9-17)28-24(21)25-19-10-6-3-7-11-19/h2-15,22,25H,16H2,1H3. The molecule has 0 bridgehead atoms. The fraction of sp³-hybridized carbons (Fsp3) is 0.125. The van der Waals surface area contributed by atoms with Gasteiger partial charge in [-0.2, -0.15) is 0 Å². The minimum atomic E-state index is 0.0621. The molecule has 0 radical (unpaired) electrons. The summed E-state index contributed by atoms with van der Waals surface area (Å²) in [6.07, 6.45) is 0.703. The molecule has 1 aliphatic heterocycles. The Morgan fingerprint density at radius 1 is 0.929 bits per heavy atom. The molecule has 28 heavy (non-hydrogen) atoms.